The van der Waals surface area contributed by atoms with Crippen LogP contribution >= 0.6 is 0 Å². The third-order valence-electron chi connectivity index (χ3n) is 3.50. The second-order valence-electron chi connectivity index (χ2n) is 5.86. The number of carbonyl (C=O) groups excluding carboxylic acids is 1. The number of amides is 1. The fraction of sp³-hybridized carbons (Fsp3) is 0.467. The van der Waals surface area contributed by atoms with Gasteiger partial charge in [-0.25, -0.2) is 9.97 Å². The quantitative estimate of drug-likeness (QED) is 0.843. The maximum absolute atomic E-state index is 12.0. The third-order valence-corrected chi connectivity index (χ3v) is 3.50. The monoisotopic (exact) mass is 300 g/mol. The molecule has 22 heavy (non-hydrogen) atoms. The van der Waals surface area contributed by atoms with Crippen molar-refractivity contribution >= 4 is 11.7 Å². The van der Waals surface area contributed by atoms with Crippen molar-refractivity contribution < 1.29 is 4.79 Å². The lowest BCUT2D eigenvalue weighted by atomic mass is 10.3. The largest absolute Gasteiger partial charge is 0.310 e. The van der Waals surface area contributed by atoms with Crippen LogP contribution in [0.4, 0.5) is 5.82 Å². The third kappa shape index (κ3) is 3.88. The summed E-state index contributed by atoms with van der Waals surface area (Å²) in [5.74, 6) is 2.70. The number of hydrogen-bond donors (Lipinski definition) is 2. The Balaban J connectivity index is 1.48. The van der Waals surface area contributed by atoms with Crippen molar-refractivity contribution in [2.75, 3.05) is 18.9 Å². The van der Waals surface area contributed by atoms with Crippen LogP contribution in [0.2, 0.25) is 0 Å². The number of aryl methyl sites for hydroxylation is 1. The molecule has 0 atom stereocenters. The summed E-state index contributed by atoms with van der Waals surface area (Å²) < 4.78 is 0. The van der Waals surface area contributed by atoms with E-state index >= 15 is 0 Å². The van der Waals surface area contributed by atoms with Crippen LogP contribution in [0.3, 0.4) is 0 Å². The lowest BCUT2D eigenvalue weighted by Gasteiger charge is -2.14. The zero-order valence-corrected chi connectivity index (χ0v) is 12.8. The molecule has 1 fully saturated rings. The molecule has 1 amide bonds. The number of carbonyl (C=O) groups is 1. The SMILES string of the molecule is Cc1ccc(NC(=O)CN(C)Cc2nc(C3CC3)n[nH]2)nc1. The van der Waals surface area contributed by atoms with Gasteiger partial charge in [0.1, 0.15) is 11.6 Å². The van der Waals surface area contributed by atoms with Crippen LogP contribution in [-0.4, -0.2) is 44.6 Å². The van der Waals surface area contributed by atoms with Crippen LogP contribution in [0.1, 0.15) is 36.0 Å². The molecule has 0 saturated heterocycles. The molecule has 116 valence electrons. The van der Waals surface area contributed by atoms with Gasteiger partial charge >= 0.3 is 0 Å². The van der Waals surface area contributed by atoms with Gasteiger partial charge in [-0.2, -0.15) is 5.10 Å². The zero-order valence-electron chi connectivity index (χ0n) is 12.8. The van der Waals surface area contributed by atoms with Crippen molar-refractivity contribution in [3.8, 4) is 0 Å². The maximum Gasteiger partial charge on any atom is 0.239 e. The molecule has 0 aromatic carbocycles. The van der Waals surface area contributed by atoms with Gasteiger partial charge in [0, 0.05) is 12.1 Å². The van der Waals surface area contributed by atoms with Gasteiger partial charge in [-0.05, 0) is 38.4 Å². The molecular formula is C15H20N6O. The number of aromatic nitrogens is 4. The Morgan fingerprint density at radius 2 is 2.27 bits per heavy atom. The highest BCUT2D eigenvalue weighted by Gasteiger charge is 2.27. The van der Waals surface area contributed by atoms with E-state index in [1.165, 1.54) is 12.8 Å². The van der Waals surface area contributed by atoms with E-state index in [-0.39, 0.29) is 12.5 Å². The molecule has 2 aromatic heterocycles. The van der Waals surface area contributed by atoms with Gasteiger partial charge in [0.25, 0.3) is 0 Å². The second kappa shape index (κ2) is 6.23. The minimum atomic E-state index is -0.0965. The summed E-state index contributed by atoms with van der Waals surface area (Å²) in [5, 5.41) is 9.93. The van der Waals surface area contributed by atoms with Crippen LogP contribution in [-0.2, 0) is 11.3 Å². The number of aromatic amines is 1. The molecule has 2 aromatic rings. The van der Waals surface area contributed by atoms with E-state index in [0.717, 1.165) is 17.2 Å². The number of likely N-dealkylation sites (N-methyl/N-ethyl adjacent to an activating group) is 1. The summed E-state index contributed by atoms with van der Waals surface area (Å²) in [6.07, 6.45) is 4.09. The summed E-state index contributed by atoms with van der Waals surface area (Å²) in [5.41, 5.74) is 1.06. The van der Waals surface area contributed by atoms with Gasteiger partial charge in [-0.1, -0.05) is 6.07 Å². The molecular weight excluding hydrogens is 280 g/mol. The van der Waals surface area contributed by atoms with Gasteiger partial charge in [-0.3, -0.25) is 14.8 Å². The fourth-order valence-electron chi connectivity index (χ4n) is 2.19. The normalized spacial score (nSPS) is 14.3. The minimum Gasteiger partial charge on any atom is -0.310 e. The number of nitrogens with zero attached hydrogens (tertiary/aromatic N) is 4. The van der Waals surface area contributed by atoms with Crippen molar-refractivity contribution in [3.05, 3.63) is 35.5 Å². The number of H-pyrrole nitrogens is 1. The van der Waals surface area contributed by atoms with E-state index in [9.17, 15) is 4.79 Å². The Morgan fingerprint density at radius 1 is 1.45 bits per heavy atom. The highest BCUT2D eigenvalue weighted by Crippen LogP contribution is 2.37. The van der Waals surface area contributed by atoms with Gasteiger partial charge in [0.05, 0.1) is 13.1 Å². The molecule has 1 saturated carbocycles. The van der Waals surface area contributed by atoms with Crippen molar-refractivity contribution in [1.29, 1.82) is 0 Å². The standard InChI is InChI=1S/C15H20N6O/c1-10-3-6-12(16-7-10)17-14(22)9-21(2)8-13-18-15(20-19-13)11-4-5-11/h3,6-7,11H,4-5,8-9H2,1-2H3,(H,16,17,22)(H,18,19,20). The zero-order chi connectivity index (χ0) is 15.5. The first-order chi connectivity index (χ1) is 10.6. The Hall–Kier alpha value is -2.28. The van der Waals surface area contributed by atoms with Gasteiger partial charge < -0.3 is 5.32 Å². The van der Waals surface area contributed by atoms with E-state index in [4.69, 9.17) is 0 Å². The Bertz CT molecular complexity index is 646. The van der Waals surface area contributed by atoms with Crippen LogP contribution in [0, 0.1) is 6.92 Å². The summed E-state index contributed by atoms with van der Waals surface area (Å²) in [6, 6.07) is 3.71. The highest BCUT2D eigenvalue weighted by atomic mass is 16.2. The Morgan fingerprint density at radius 3 is 2.95 bits per heavy atom. The first kappa shape index (κ1) is 14.6. The molecule has 1 aliphatic rings. The average Bonchev–Trinajstić information content (AvgIpc) is 3.22. The molecule has 7 nitrogen and oxygen atoms in total. The molecule has 2 heterocycles. The number of anilines is 1. The Labute approximate surface area is 129 Å². The van der Waals surface area contributed by atoms with Crippen molar-refractivity contribution in [1.82, 2.24) is 25.1 Å². The molecule has 0 unspecified atom stereocenters. The van der Waals surface area contributed by atoms with E-state index in [0.29, 0.717) is 18.3 Å². The number of rotatable bonds is 6. The highest BCUT2D eigenvalue weighted by molar-refractivity contribution is 5.91. The second-order valence-corrected chi connectivity index (χ2v) is 5.86. The van der Waals surface area contributed by atoms with Crippen LogP contribution in [0.15, 0.2) is 18.3 Å². The molecule has 0 bridgehead atoms. The Kier molecular flexibility index (Phi) is 4.15. The topological polar surface area (TPSA) is 86.8 Å². The smallest absolute Gasteiger partial charge is 0.239 e. The van der Waals surface area contributed by atoms with Gasteiger partial charge in [-0.15, -0.1) is 0 Å². The van der Waals surface area contributed by atoms with Crippen molar-refractivity contribution in [2.45, 2.75) is 32.2 Å². The average molecular weight is 300 g/mol. The van der Waals surface area contributed by atoms with E-state index in [1.807, 2.05) is 24.9 Å². The minimum absolute atomic E-state index is 0.0965. The molecule has 0 aliphatic heterocycles. The maximum atomic E-state index is 12.0. The lowest BCUT2D eigenvalue weighted by Crippen LogP contribution is -2.30. The molecule has 7 heteroatoms. The predicted octanol–water partition coefficient (Wildman–Crippen LogP) is 1.46. The molecule has 1 aliphatic carbocycles. The summed E-state index contributed by atoms with van der Waals surface area (Å²) in [7, 11) is 1.88. The number of nitrogens with one attached hydrogen (secondary N) is 2. The summed E-state index contributed by atoms with van der Waals surface area (Å²) in [6.45, 7) is 2.79. The number of hydrogen-bond acceptors (Lipinski definition) is 5. The first-order valence-electron chi connectivity index (χ1n) is 7.42. The first-order valence-corrected chi connectivity index (χ1v) is 7.42. The van der Waals surface area contributed by atoms with Gasteiger partial charge in [0.15, 0.2) is 5.82 Å². The van der Waals surface area contributed by atoms with Crippen LogP contribution in [0.5, 0.6) is 0 Å². The van der Waals surface area contributed by atoms with Crippen LogP contribution < -0.4 is 5.32 Å². The summed E-state index contributed by atoms with van der Waals surface area (Å²) in [4.78, 5) is 22.5. The molecule has 0 radical (unpaired) electrons. The molecule has 0 spiro atoms. The number of pyridine rings is 1. The molecule has 3 rings (SSSR count). The van der Waals surface area contributed by atoms with E-state index in [2.05, 4.69) is 25.5 Å². The molecule has 2 N–H and O–H groups in total. The van der Waals surface area contributed by atoms with Crippen molar-refractivity contribution in [3.63, 3.8) is 0 Å². The van der Waals surface area contributed by atoms with Crippen LogP contribution in [0.25, 0.3) is 0 Å². The van der Waals surface area contributed by atoms with E-state index in [1.54, 1.807) is 12.3 Å². The summed E-state index contributed by atoms with van der Waals surface area (Å²) >= 11 is 0. The predicted molar refractivity (Wildman–Crippen MR) is 82.3 cm³/mol. The van der Waals surface area contributed by atoms with Gasteiger partial charge in [0.2, 0.25) is 5.91 Å². The van der Waals surface area contributed by atoms with Crippen molar-refractivity contribution in [2.24, 2.45) is 0 Å². The fourth-order valence-corrected chi connectivity index (χ4v) is 2.19. The lowest BCUT2D eigenvalue weighted by molar-refractivity contribution is -0.117. The van der Waals surface area contributed by atoms with E-state index < -0.39 is 0 Å².